The number of benzene rings is 1. The van der Waals surface area contributed by atoms with Crippen LogP contribution in [0, 0.1) is 0 Å². The summed E-state index contributed by atoms with van der Waals surface area (Å²) in [6, 6.07) is 5.95. The third-order valence-corrected chi connectivity index (χ3v) is 2.39. The molecule has 1 aromatic carbocycles. The maximum absolute atomic E-state index is 10.5. The SMILES string of the molecule is CCc1ccc(CC(=O)O)cc1CC. The summed E-state index contributed by atoms with van der Waals surface area (Å²) in [6.45, 7) is 4.21. The smallest absolute Gasteiger partial charge is 0.307 e. The second-order valence-electron chi connectivity index (χ2n) is 3.38. The number of hydrogen-bond donors (Lipinski definition) is 1. The van der Waals surface area contributed by atoms with Crippen LogP contribution in [0.4, 0.5) is 0 Å². The molecule has 0 heterocycles. The average Bonchev–Trinajstić information content (AvgIpc) is 2.16. The molecule has 1 rings (SSSR count). The van der Waals surface area contributed by atoms with Crippen molar-refractivity contribution in [3.8, 4) is 0 Å². The van der Waals surface area contributed by atoms with Crippen molar-refractivity contribution in [2.75, 3.05) is 0 Å². The van der Waals surface area contributed by atoms with E-state index in [1.807, 2.05) is 18.2 Å². The van der Waals surface area contributed by atoms with Crippen LogP contribution in [0.3, 0.4) is 0 Å². The molecule has 14 heavy (non-hydrogen) atoms. The Morgan fingerprint density at radius 1 is 1.21 bits per heavy atom. The summed E-state index contributed by atoms with van der Waals surface area (Å²) in [4.78, 5) is 10.5. The number of carbonyl (C=O) groups is 1. The second kappa shape index (κ2) is 4.80. The summed E-state index contributed by atoms with van der Waals surface area (Å²) in [5, 5.41) is 8.66. The van der Waals surface area contributed by atoms with E-state index in [2.05, 4.69) is 13.8 Å². The first-order valence-corrected chi connectivity index (χ1v) is 4.99. The Bertz CT molecular complexity index is 329. The zero-order chi connectivity index (χ0) is 10.6. The van der Waals surface area contributed by atoms with Crippen molar-refractivity contribution in [3.05, 3.63) is 34.9 Å². The van der Waals surface area contributed by atoms with Crippen molar-refractivity contribution in [2.45, 2.75) is 33.1 Å². The van der Waals surface area contributed by atoms with Crippen molar-refractivity contribution >= 4 is 5.97 Å². The topological polar surface area (TPSA) is 37.3 Å². The largest absolute Gasteiger partial charge is 0.481 e. The molecule has 2 heteroatoms. The minimum atomic E-state index is -0.767. The highest BCUT2D eigenvalue weighted by Gasteiger charge is 2.03. The van der Waals surface area contributed by atoms with E-state index >= 15 is 0 Å². The van der Waals surface area contributed by atoms with Crippen LogP contribution in [0.25, 0.3) is 0 Å². The quantitative estimate of drug-likeness (QED) is 0.795. The molecular weight excluding hydrogens is 176 g/mol. The zero-order valence-corrected chi connectivity index (χ0v) is 8.71. The summed E-state index contributed by atoms with van der Waals surface area (Å²) in [5.74, 6) is -0.767. The van der Waals surface area contributed by atoms with Crippen LogP contribution in [0.1, 0.15) is 30.5 Å². The van der Waals surface area contributed by atoms with Crippen LogP contribution in [0.15, 0.2) is 18.2 Å². The van der Waals surface area contributed by atoms with Gasteiger partial charge in [0.2, 0.25) is 0 Å². The van der Waals surface area contributed by atoms with Crippen LogP contribution < -0.4 is 0 Å². The highest BCUT2D eigenvalue weighted by atomic mass is 16.4. The van der Waals surface area contributed by atoms with Gasteiger partial charge in [-0.05, 0) is 29.5 Å². The molecule has 0 aliphatic heterocycles. The standard InChI is InChI=1S/C12H16O2/c1-3-10-6-5-9(8-12(13)14)7-11(10)4-2/h5-7H,3-4,8H2,1-2H3,(H,13,14). The van der Waals surface area contributed by atoms with Gasteiger partial charge in [-0.3, -0.25) is 4.79 Å². The van der Waals surface area contributed by atoms with Gasteiger partial charge in [-0.1, -0.05) is 32.0 Å². The summed E-state index contributed by atoms with van der Waals surface area (Å²) in [7, 11) is 0. The predicted octanol–water partition coefficient (Wildman–Crippen LogP) is 2.44. The maximum atomic E-state index is 10.5. The Labute approximate surface area is 84.6 Å². The third kappa shape index (κ3) is 2.59. The van der Waals surface area contributed by atoms with Gasteiger partial charge < -0.3 is 5.11 Å². The minimum Gasteiger partial charge on any atom is -0.481 e. The molecule has 0 aliphatic rings. The first kappa shape index (κ1) is 10.8. The molecule has 0 unspecified atom stereocenters. The molecule has 1 aromatic rings. The molecule has 0 fully saturated rings. The summed E-state index contributed by atoms with van der Waals surface area (Å²) in [5.41, 5.74) is 3.49. The second-order valence-corrected chi connectivity index (χ2v) is 3.38. The van der Waals surface area contributed by atoms with Crippen LogP contribution >= 0.6 is 0 Å². The molecule has 0 saturated carbocycles. The lowest BCUT2D eigenvalue weighted by molar-refractivity contribution is -0.136. The van der Waals surface area contributed by atoms with Crippen molar-refractivity contribution in [3.63, 3.8) is 0 Å². The highest BCUT2D eigenvalue weighted by Crippen LogP contribution is 2.14. The van der Waals surface area contributed by atoms with Gasteiger partial charge >= 0.3 is 5.97 Å². The first-order valence-electron chi connectivity index (χ1n) is 4.99. The number of aryl methyl sites for hydroxylation is 2. The Hall–Kier alpha value is -1.31. The van der Waals surface area contributed by atoms with Gasteiger partial charge in [0, 0.05) is 0 Å². The lowest BCUT2D eigenvalue weighted by Crippen LogP contribution is -2.01. The fourth-order valence-corrected chi connectivity index (χ4v) is 1.64. The molecule has 0 atom stereocenters. The average molecular weight is 192 g/mol. The van der Waals surface area contributed by atoms with Crippen LogP contribution in [-0.4, -0.2) is 11.1 Å². The molecule has 0 radical (unpaired) electrons. The Morgan fingerprint density at radius 2 is 1.86 bits per heavy atom. The lowest BCUT2D eigenvalue weighted by Gasteiger charge is -2.07. The van der Waals surface area contributed by atoms with Gasteiger partial charge in [-0.2, -0.15) is 0 Å². The number of rotatable bonds is 4. The maximum Gasteiger partial charge on any atom is 0.307 e. The van der Waals surface area contributed by atoms with Gasteiger partial charge in [0.25, 0.3) is 0 Å². The monoisotopic (exact) mass is 192 g/mol. The van der Waals surface area contributed by atoms with E-state index in [0.29, 0.717) is 0 Å². The number of hydrogen-bond acceptors (Lipinski definition) is 1. The van der Waals surface area contributed by atoms with E-state index in [1.54, 1.807) is 0 Å². The van der Waals surface area contributed by atoms with Crippen LogP contribution in [0.5, 0.6) is 0 Å². The molecule has 0 bridgehead atoms. The third-order valence-electron chi connectivity index (χ3n) is 2.39. The lowest BCUT2D eigenvalue weighted by atomic mass is 9.99. The molecule has 76 valence electrons. The number of carboxylic acid groups (broad SMARTS) is 1. The molecular formula is C12H16O2. The van der Waals surface area contributed by atoms with E-state index in [-0.39, 0.29) is 6.42 Å². The van der Waals surface area contributed by atoms with Gasteiger partial charge in [-0.15, -0.1) is 0 Å². The number of carboxylic acids is 1. The first-order chi connectivity index (χ1) is 6.67. The molecule has 1 N–H and O–H groups in total. The van der Waals surface area contributed by atoms with E-state index in [9.17, 15) is 4.79 Å². The fraction of sp³-hybridized carbons (Fsp3) is 0.417. The molecule has 0 spiro atoms. The van der Waals surface area contributed by atoms with Crippen LogP contribution in [0.2, 0.25) is 0 Å². The Balaban J connectivity index is 2.95. The van der Waals surface area contributed by atoms with E-state index in [4.69, 9.17) is 5.11 Å². The molecule has 0 saturated heterocycles. The predicted molar refractivity (Wildman–Crippen MR) is 56.5 cm³/mol. The molecule has 2 nitrogen and oxygen atoms in total. The Morgan fingerprint density at radius 3 is 2.36 bits per heavy atom. The molecule has 0 aliphatic carbocycles. The van der Waals surface area contributed by atoms with E-state index in [1.165, 1.54) is 11.1 Å². The van der Waals surface area contributed by atoms with Gasteiger partial charge in [0.05, 0.1) is 6.42 Å². The van der Waals surface area contributed by atoms with Gasteiger partial charge in [0.1, 0.15) is 0 Å². The molecule has 0 amide bonds. The van der Waals surface area contributed by atoms with Crippen molar-refractivity contribution in [1.29, 1.82) is 0 Å². The molecule has 0 aromatic heterocycles. The van der Waals surface area contributed by atoms with Crippen molar-refractivity contribution in [2.24, 2.45) is 0 Å². The normalized spacial score (nSPS) is 10.1. The van der Waals surface area contributed by atoms with Gasteiger partial charge in [0.15, 0.2) is 0 Å². The summed E-state index contributed by atoms with van der Waals surface area (Å²) in [6.07, 6.45) is 2.10. The van der Waals surface area contributed by atoms with E-state index < -0.39 is 5.97 Å². The van der Waals surface area contributed by atoms with Gasteiger partial charge in [-0.25, -0.2) is 0 Å². The van der Waals surface area contributed by atoms with E-state index in [0.717, 1.165) is 18.4 Å². The minimum absolute atomic E-state index is 0.122. The van der Waals surface area contributed by atoms with Crippen molar-refractivity contribution < 1.29 is 9.90 Å². The number of aliphatic carboxylic acids is 1. The van der Waals surface area contributed by atoms with Crippen LogP contribution in [-0.2, 0) is 24.1 Å². The highest BCUT2D eigenvalue weighted by molar-refractivity contribution is 5.70. The van der Waals surface area contributed by atoms with Crippen molar-refractivity contribution in [1.82, 2.24) is 0 Å². The summed E-state index contributed by atoms with van der Waals surface area (Å²) < 4.78 is 0. The zero-order valence-electron chi connectivity index (χ0n) is 8.71. The summed E-state index contributed by atoms with van der Waals surface area (Å²) >= 11 is 0. The Kier molecular flexibility index (Phi) is 3.69. The fourth-order valence-electron chi connectivity index (χ4n) is 1.64.